The highest BCUT2D eigenvalue weighted by Crippen LogP contribution is 2.22. The molecule has 2 aromatic rings. The molecule has 3 rings (SSSR count). The largest absolute Gasteiger partial charge is 0.382 e. The van der Waals surface area contributed by atoms with Gasteiger partial charge in [-0.05, 0) is 31.0 Å². The second kappa shape index (κ2) is 4.12. The van der Waals surface area contributed by atoms with Gasteiger partial charge in [0.2, 0.25) is 0 Å². The van der Waals surface area contributed by atoms with Gasteiger partial charge >= 0.3 is 0 Å². The Morgan fingerprint density at radius 2 is 1.88 bits per heavy atom. The SMILES string of the molecule is c1cc2n[nH]nc2cc1NC1CCCCC1. The second-order valence-corrected chi connectivity index (χ2v) is 4.51. The molecule has 16 heavy (non-hydrogen) atoms. The molecular formula is C12H16N4. The summed E-state index contributed by atoms with van der Waals surface area (Å²) in [6.07, 6.45) is 6.67. The van der Waals surface area contributed by atoms with Gasteiger partial charge in [0.05, 0.1) is 0 Å². The van der Waals surface area contributed by atoms with Crippen molar-refractivity contribution in [2.24, 2.45) is 0 Å². The minimum atomic E-state index is 0.637. The molecule has 0 radical (unpaired) electrons. The zero-order chi connectivity index (χ0) is 10.8. The van der Waals surface area contributed by atoms with Crippen molar-refractivity contribution in [2.45, 2.75) is 38.1 Å². The number of hydrogen-bond donors (Lipinski definition) is 2. The van der Waals surface area contributed by atoms with E-state index in [9.17, 15) is 0 Å². The van der Waals surface area contributed by atoms with Crippen LogP contribution < -0.4 is 5.32 Å². The average molecular weight is 216 g/mol. The minimum absolute atomic E-state index is 0.637. The molecule has 0 amide bonds. The summed E-state index contributed by atoms with van der Waals surface area (Å²) in [6, 6.07) is 6.79. The van der Waals surface area contributed by atoms with Gasteiger partial charge in [-0.2, -0.15) is 15.4 Å². The molecule has 0 atom stereocenters. The lowest BCUT2D eigenvalue weighted by molar-refractivity contribution is 0.463. The molecule has 1 aromatic carbocycles. The molecule has 1 aliphatic carbocycles. The Morgan fingerprint density at radius 3 is 2.75 bits per heavy atom. The first-order chi connectivity index (χ1) is 7.92. The van der Waals surface area contributed by atoms with Crippen molar-refractivity contribution >= 4 is 16.7 Å². The van der Waals surface area contributed by atoms with Crippen molar-refractivity contribution in [1.82, 2.24) is 15.4 Å². The highest BCUT2D eigenvalue weighted by molar-refractivity contribution is 5.77. The predicted octanol–water partition coefficient (Wildman–Crippen LogP) is 2.70. The lowest BCUT2D eigenvalue weighted by Gasteiger charge is -2.23. The van der Waals surface area contributed by atoms with E-state index in [-0.39, 0.29) is 0 Å². The van der Waals surface area contributed by atoms with E-state index >= 15 is 0 Å². The molecule has 4 nitrogen and oxygen atoms in total. The highest BCUT2D eigenvalue weighted by Gasteiger charge is 2.13. The molecule has 84 valence electrons. The van der Waals surface area contributed by atoms with E-state index in [0.29, 0.717) is 6.04 Å². The number of aromatic amines is 1. The van der Waals surface area contributed by atoms with Crippen molar-refractivity contribution in [3.63, 3.8) is 0 Å². The molecule has 1 aromatic heterocycles. The average Bonchev–Trinajstić information content (AvgIpc) is 2.77. The summed E-state index contributed by atoms with van der Waals surface area (Å²) < 4.78 is 0. The minimum Gasteiger partial charge on any atom is -0.382 e. The molecular weight excluding hydrogens is 200 g/mol. The molecule has 1 aliphatic rings. The number of fused-ring (bicyclic) bond motifs is 1. The number of nitrogens with zero attached hydrogens (tertiary/aromatic N) is 2. The third kappa shape index (κ3) is 1.87. The van der Waals surface area contributed by atoms with Gasteiger partial charge in [-0.3, -0.25) is 0 Å². The summed E-state index contributed by atoms with van der Waals surface area (Å²) in [5.74, 6) is 0. The van der Waals surface area contributed by atoms with Gasteiger partial charge in [0, 0.05) is 11.7 Å². The molecule has 4 heteroatoms. The van der Waals surface area contributed by atoms with E-state index in [2.05, 4.69) is 32.9 Å². The summed E-state index contributed by atoms with van der Waals surface area (Å²) in [5, 5.41) is 14.4. The number of rotatable bonds is 2. The van der Waals surface area contributed by atoms with Crippen LogP contribution in [0.5, 0.6) is 0 Å². The van der Waals surface area contributed by atoms with Crippen LogP contribution in [0.1, 0.15) is 32.1 Å². The molecule has 0 spiro atoms. The molecule has 1 fully saturated rings. The lowest BCUT2D eigenvalue weighted by atomic mass is 9.95. The van der Waals surface area contributed by atoms with Crippen LogP contribution in [0.2, 0.25) is 0 Å². The van der Waals surface area contributed by atoms with Crippen molar-refractivity contribution in [3.05, 3.63) is 18.2 Å². The van der Waals surface area contributed by atoms with Crippen LogP contribution in [-0.4, -0.2) is 21.5 Å². The Bertz CT molecular complexity index is 471. The quantitative estimate of drug-likeness (QED) is 0.811. The molecule has 0 saturated heterocycles. The van der Waals surface area contributed by atoms with Gasteiger partial charge < -0.3 is 5.32 Å². The number of nitrogens with one attached hydrogen (secondary N) is 2. The van der Waals surface area contributed by atoms with Gasteiger partial charge in [0.15, 0.2) is 0 Å². The predicted molar refractivity (Wildman–Crippen MR) is 64.4 cm³/mol. The Hall–Kier alpha value is -1.58. The smallest absolute Gasteiger partial charge is 0.115 e. The Kier molecular flexibility index (Phi) is 2.48. The fourth-order valence-corrected chi connectivity index (χ4v) is 2.41. The second-order valence-electron chi connectivity index (χ2n) is 4.51. The number of aromatic nitrogens is 3. The standard InChI is InChI=1S/C12H16N4/c1-2-4-9(5-3-1)13-10-6-7-11-12(8-10)15-16-14-11/h6-9,13H,1-5H2,(H,14,15,16). The van der Waals surface area contributed by atoms with Gasteiger partial charge in [-0.15, -0.1) is 0 Å². The van der Waals surface area contributed by atoms with Crippen LogP contribution in [0, 0.1) is 0 Å². The van der Waals surface area contributed by atoms with Gasteiger partial charge in [-0.1, -0.05) is 19.3 Å². The van der Waals surface area contributed by atoms with Crippen molar-refractivity contribution in [1.29, 1.82) is 0 Å². The van der Waals surface area contributed by atoms with Crippen LogP contribution >= 0.6 is 0 Å². The summed E-state index contributed by atoms with van der Waals surface area (Å²) >= 11 is 0. The third-order valence-electron chi connectivity index (χ3n) is 3.29. The number of benzene rings is 1. The summed E-state index contributed by atoms with van der Waals surface area (Å²) in [4.78, 5) is 0. The number of anilines is 1. The van der Waals surface area contributed by atoms with Crippen molar-refractivity contribution in [3.8, 4) is 0 Å². The van der Waals surface area contributed by atoms with E-state index in [0.717, 1.165) is 16.7 Å². The van der Waals surface area contributed by atoms with Crippen LogP contribution in [0.4, 0.5) is 5.69 Å². The first-order valence-electron chi connectivity index (χ1n) is 5.99. The molecule has 1 heterocycles. The zero-order valence-electron chi connectivity index (χ0n) is 9.24. The van der Waals surface area contributed by atoms with Crippen LogP contribution in [0.25, 0.3) is 11.0 Å². The topological polar surface area (TPSA) is 53.6 Å². The van der Waals surface area contributed by atoms with Gasteiger partial charge in [-0.25, -0.2) is 0 Å². The van der Waals surface area contributed by atoms with E-state index in [1.165, 1.54) is 32.1 Å². The first kappa shape index (κ1) is 9.63. The Labute approximate surface area is 94.4 Å². The summed E-state index contributed by atoms with van der Waals surface area (Å²) in [6.45, 7) is 0. The van der Waals surface area contributed by atoms with Crippen LogP contribution in [0.15, 0.2) is 18.2 Å². The Morgan fingerprint density at radius 1 is 1.06 bits per heavy atom. The number of hydrogen-bond acceptors (Lipinski definition) is 3. The molecule has 0 aliphatic heterocycles. The highest BCUT2D eigenvalue weighted by atomic mass is 15.3. The monoisotopic (exact) mass is 216 g/mol. The van der Waals surface area contributed by atoms with Crippen LogP contribution in [0.3, 0.4) is 0 Å². The van der Waals surface area contributed by atoms with Crippen molar-refractivity contribution < 1.29 is 0 Å². The number of H-pyrrole nitrogens is 1. The van der Waals surface area contributed by atoms with Gasteiger partial charge in [0.1, 0.15) is 11.0 Å². The van der Waals surface area contributed by atoms with E-state index < -0.39 is 0 Å². The van der Waals surface area contributed by atoms with E-state index in [1.807, 2.05) is 6.07 Å². The first-order valence-corrected chi connectivity index (χ1v) is 5.99. The fourth-order valence-electron chi connectivity index (χ4n) is 2.41. The Balaban J connectivity index is 1.77. The maximum Gasteiger partial charge on any atom is 0.115 e. The maximum atomic E-state index is 4.10. The molecule has 0 unspecified atom stereocenters. The summed E-state index contributed by atoms with van der Waals surface area (Å²) in [7, 11) is 0. The van der Waals surface area contributed by atoms with Crippen LogP contribution in [-0.2, 0) is 0 Å². The summed E-state index contributed by atoms with van der Waals surface area (Å²) in [5.41, 5.74) is 3.02. The molecule has 0 bridgehead atoms. The molecule has 2 N–H and O–H groups in total. The third-order valence-corrected chi connectivity index (χ3v) is 3.29. The maximum absolute atomic E-state index is 4.10. The van der Waals surface area contributed by atoms with Gasteiger partial charge in [0.25, 0.3) is 0 Å². The lowest BCUT2D eigenvalue weighted by Crippen LogP contribution is -2.22. The van der Waals surface area contributed by atoms with E-state index in [4.69, 9.17) is 0 Å². The zero-order valence-corrected chi connectivity index (χ0v) is 9.24. The fraction of sp³-hybridized carbons (Fsp3) is 0.500. The van der Waals surface area contributed by atoms with E-state index in [1.54, 1.807) is 0 Å². The van der Waals surface area contributed by atoms with Crippen molar-refractivity contribution in [2.75, 3.05) is 5.32 Å². The molecule has 1 saturated carbocycles. The normalized spacial score (nSPS) is 17.8.